The number of aliphatic hydroxyl groups is 2. The van der Waals surface area contributed by atoms with E-state index < -0.39 is 5.95 Å². The minimum Gasteiger partial charge on any atom is -0.396 e. The molecular formula is C42H44F2N14O2. The Morgan fingerprint density at radius 2 is 1.05 bits per heavy atom. The average Bonchev–Trinajstić information content (AvgIpc) is 3.23. The van der Waals surface area contributed by atoms with Gasteiger partial charge in [0.25, 0.3) is 0 Å². The van der Waals surface area contributed by atoms with Crippen molar-refractivity contribution < 1.29 is 19.0 Å². The smallest absolute Gasteiger partial charge is 0.216 e. The van der Waals surface area contributed by atoms with Crippen LogP contribution < -0.4 is 19.6 Å². The fourth-order valence-electron chi connectivity index (χ4n) is 8.15. The summed E-state index contributed by atoms with van der Waals surface area (Å²) in [5, 5.41) is 18.5. The molecule has 0 saturated carbocycles. The van der Waals surface area contributed by atoms with E-state index >= 15 is 0 Å². The molecule has 2 unspecified atom stereocenters. The van der Waals surface area contributed by atoms with Crippen LogP contribution in [-0.2, 0) is 12.8 Å². The van der Waals surface area contributed by atoms with Crippen molar-refractivity contribution in [3.05, 3.63) is 108 Å². The molecule has 6 aromatic rings. The maximum Gasteiger partial charge on any atom is 0.216 e. The Hall–Kier alpha value is -6.40. The lowest BCUT2D eigenvalue weighted by Crippen LogP contribution is -2.49. The molecule has 16 nitrogen and oxygen atoms in total. The maximum atomic E-state index is 14.4. The number of aromatic nitrogens is 10. The number of aliphatic hydroxyl groups excluding tert-OH is 2. The molecule has 0 spiro atoms. The number of fused-ring (bicyclic) bond motifs is 2. The maximum absolute atomic E-state index is 14.4. The fourth-order valence-corrected chi connectivity index (χ4v) is 8.15. The van der Waals surface area contributed by atoms with Crippen LogP contribution in [0.25, 0.3) is 23.3 Å². The van der Waals surface area contributed by atoms with E-state index in [4.69, 9.17) is 4.98 Å². The number of anilines is 4. The van der Waals surface area contributed by atoms with Crippen LogP contribution in [0.5, 0.6) is 0 Å². The molecule has 0 aromatic carbocycles. The lowest BCUT2D eigenvalue weighted by molar-refractivity contribution is 0.200. The Kier molecular flexibility index (Phi) is 10.9. The van der Waals surface area contributed by atoms with Crippen molar-refractivity contribution in [1.29, 1.82) is 0 Å². The Morgan fingerprint density at radius 1 is 0.567 bits per heavy atom. The van der Waals surface area contributed by atoms with E-state index in [2.05, 4.69) is 73.4 Å². The van der Waals surface area contributed by atoms with E-state index in [1.54, 1.807) is 36.9 Å². The third-order valence-corrected chi connectivity index (χ3v) is 11.6. The van der Waals surface area contributed by atoms with Gasteiger partial charge in [-0.25, -0.2) is 54.2 Å². The molecule has 10 heterocycles. The molecule has 2 fully saturated rings. The summed E-state index contributed by atoms with van der Waals surface area (Å²) in [7, 11) is 0. The Morgan fingerprint density at radius 3 is 1.57 bits per heavy atom. The summed E-state index contributed by atoms with van der Waals surface area (Å²) in [4.78, 5) is 52.2. The summed E-state index contributed by atoms with van der Waals surface area (Å²) < 4.78 is 28.7. The van der Waals surface area contributed by atoms with E-state index in [0.29, 0.717) is 79.8 Å². The Balaban J connectivity index is 0.000000154. The molecule has 2 saturated heterocycles. The van der Waals surface area contributed by atoms with Crippen LogP contribution in [0.3, 0.4) is 0 Å². The van der Waals surface area contributed by atoms with E-state index in [0.717, 1.165) is 41.3 Å². The van der Waals surface area contributed by atoms with Gasteiger partial charge in [0.15, 0.2) is 23.3 Å². The molecule has 18 heteroatoms. The first-order valence-electron chi connectivity index (χ1n) is 20.1. The summed E-state index contributed by atoms with van der Waals surface area (Å²) in [5.74, 6) is 3.52. The summed E-state index contributed by atoms with van der Waals surface area (Å²) in [6.07, 6.45) is 11.7. The van der Waals surface area contributed by atoms with E-state index in [1.807, 2.05) is 23.4 Å². The van der Waals surface area contributed by atoms with Crippen molar-refractivity contribution in [1.82, 2.24) is 49.8 Å². The van der Waals surface area contributed by atoms with Crippen molar-refractivity contribution in [2.24, 2.45) is 11.8 Å². The van der Waals surface area contributed by atoms with Gasteiger partial charge in [0.2, 0.25) is 5.95 Å². The van der Waals surface area contributed by atoms with Gasteiger partial charge in [-0.15, -0.1) is 0 Å². The zero-order chi connectivity index (χ0) is 41.3. The number of hydrogen-bond acceptors (Lipinski definition) is 16. The fraction of sp³-hybridized carbons (Fsp3) is 0.381. The molecule has 4 aliphatic rings. The Bertz CT molecular complexity index is 2290. The number of nitrogens with zero attached hydrogens (tertiary/aromatic N) is 14. The normalized spacial score (nSPS) is 18.8. The lowest BCUT2D eigenvalue weighted by Gasteiger charge is -2.41. The van der Waals surface area contributed by atoms with Gasteiger partial charge >= 0.3 is 0 Å². The summed E-state index contributed by atoms with van der Waals surface area (Å²) in [6.45, 7) is 8.62. The largest absolute Gasteiger partial charge is 0.396 e. The molecule has 6 aromatic heterocycles. The number of rotatable bonds is 8. The highest BCUT2D eigenvalue weighted by Crippen LogP contribution is 2.36. The number of hydrogen-bond donors (Lipinski definition) is 2. The van der Waals surface area contributed by atoms with Crippen LogP contribution in [0.4, 0.5) is 31.9 Å². The zero-order valence-electron chi connectivity index (χ0n) is 33.2. The molecular weight excluding hydrogens is 771 g/mol. The molecule has 10 rings (SSSR count). The second-order valence-electron chi connectivity index (χ2n) is 15.5. The van der Waals surface area contributed by atoms with E-state index in [-0.39, 0.29) is 43.0 Å². The first kappa shape index (κ1) is 39.1. The summed E-state index contributed by atoms with van der Waals surface area (Å²) >= 11 is 0. The van der Waals surface area contributed by atoms with Gasteiger partial charge in [-0.1, -0.05) is 0 Å². The second kappa shape index (κ2) is 16.7. The van der Waals surface area contributed by atoms with Crippen LogP contribution in [0, 0.1) is 23.6 Å². The first-order chi connectivity index (χ1) is 29.2. The van der Waals surface area contributed by atoms with Gasteiger partial charge in [0, 0.05) is 155 Å². The van der Waals surface area contributed by atoms with Crippen LogP contribution in [-0.4, -0.2) is 113 Å². The van der Waals surface area contributed by atoms with E-state index in [1.165, 1.54) is 18.2 Å². The van der Waals surface area contributed by atoms with Gasteiger partial charge in [0.1, 0.15) is 23.3 Å². The molecule has 4 aliphatic heterocycles. The highest BCUT2D eigenvalue weighted by atomic mass is 19.1. The van der Waals surface area contributed by atoms with Crippen molar-refractivity contribution in [3.8, 4) is 23.3 Å². The van der Waals surface area contributed by atoms with Crippen LogP contribution in [0.15, 0.2) is 73.6 Å². The highest BCUT2D eigenvalue weighted by molar-refractivity contribution is 5.59. The van der Waals surface area contributed by atoms with Crippen molar-refractivity contribution >= 4 is 23.1 Å². The zero-order valence-corrected chi connectivity index (χ0v) is 33.2. The highest BCUT2D eigenvalue weighted by Gasteiger charge is 2.32. The summed E-state index contributed by atoms with van der Waals surface area (Å²) in [5.41, 5.74) is 4.71. The minimum absolute atomic E-state index is 0.0387. The van der Waals surface area contributed by atoms with Gasteiger partial charge in [-0.05, 0) is 26.0 Å². The predicted molar refractivity (Wildman–Crippen MR) is 219 cm³/mol. The van der Waals surface area contributed by atoms with Crippen LogP contribution in [0.2, 0.25) is 0 Å². The van der Waals surface area contributed by atoms with Crippen molar-refractivity contribution in [3.63, 3.8) is 0 Å². The van der Waals surface area contributed by atoms with Crippen LogP contribution in [0.1, 0.15) is 48.4 Å². The SMILES string of the molecule is CC1c2cnc(-c3ncccn3)nc2CCN1c1cc(F)cc(N2CC(CO)C2)n1.CC1c2cnc(-c3ncccn3)nc2CCN1c1cc(N2CC(CO)C2)cc(F)n1. The molecule has 308 valence electrons. The number of halogens is 2. The minimum atomic E-state index is -0.499. The third kappa shape index (κ3) is 7.87. The molecule has 2 N–H and O–H groups in total. The summed E-state index contributed by atoms with van der Waals surface area (Å²) in [6, 6.07) is 9.74. The average molecular weight is 815 g/mol. The van der Waals surface area contributed by atoms with Crippen molar-refractivity contribution in [2.75, 3.05) is 72.1 Å². The van der Waals surface area contributed by atoms with Gasteiger partial charge in [0.05, 0.1) is 23.5 Å². The lowest BCUT2D eigenvalue weighted by atomic mass is 9.99. The second-order valence-corrected chi connectivity index (χ2v) is 15.5. The molecule has 0 amide bonds. The third-order valence-electron chi connectivity index (χ3n) is 11.6. The standard InChI is InChI=1S/2C21H22FN7O/c1-13-16-9-25-21(20-23-4-2-5-24-20)26-17(16)3-6-29(13)19-8-15(7-18(22)27-19)28-10-14(11-28)12-30;1-13-16-9-25-21(20-23-4-2-5-24-20)26-17(16)3-6-29(13)19-8-15(22)7-18(27-19)28-10-14(11-28)12-30/h2*2,4-5,7-9,13-14,30H,3,6,10-12H2,1H3. The topological polar surface area (TPSA) is 182 Å². The van der Waals surface area contributed by atoms with Gasteiger partial charge in [-0.2, -0.15) is 4.39 Å². The first-order valence-corrected chi connectivity index (χ1v) is 20.1. The van der Waals surface area contributed by atoms with Gasteiger partial charge < -0.3 is 29.8 Å². The number of pyridine rings is 2. The van der Waals surface area contributed by atoms with E-state index in [9.17, 15) is 19.0 Å². The predicted octanol–water partition coefficient (Wildman–Crippen LogP) is 4.04. The molecule has 0 aliphatic carbocycles. The van der Waals surface area contributed by atoms with Crippen LogP contribution >= 0.6 is 0 Å². The monoisotopic (exact) mass is 814 g/mol. The Labute approximate surface area is 345 Å². The molecule has 0 radical (unpaired) electrons. The molecule has 60 heavy (non-hydrogen) atoms. The van der Waals surface area contributed by atoms with Gasteiger partial charge in [-0.3, -0.25) is 0 Å². The van der Waals surface area contributed by atoms with Crippen molar-refractivity contribution in [2.45, 2.75) is 38.8 Å². The molecule has 2 atom stereocenters. The molecule has 0 bridgehead atoms. The quantitative estimate of drug-likeness (QED) is 0.210.